The Labute approximate surface area is 169 Å². The van der Waals surface area contributed by atoms with Gasteiger partial charge in [-0.25, -0.2) is 0 Å². The van der Waals surface area contributed by atoms with Gasteiger partial charge in [-0.05, 0) is 61.7 Å². The number of amides is 1. The van der Waals surface area contributed by atoms with E-state index in [1.165, 1.54) is 6.42 Å². The standard InChI is InChI=1S/C22H24N4O3/c1-15-6-11-19(28-2)18(13-15)23-21(27)14-29-17-9-7-16(8-10-17)22-25-24-20-5-3-4-12-26(20)22/h6-11,13H,3-5,12,14H2,1-2H3,(H,23,27). The normalized spacial score (nSPS) is 12.9. The summed E-state index contributed by atoms with van der Waals surface area (Å²) in [6.45, 7) is 2.83. The summed E-state index contributed by atoms with van der Waals surface area (Å²) in [7, 11) is 1.57. The number of nitrogens with zero attached hydrogens (tertiary/aromatic N) is 3. The van der Waals surface area contributed by atoms with E-state index in [1.54, 1.807) is 7.11 Å². The van der Waals surface area contributed by atoms with Crippen molar-refractivity contribution in [3.8, 4) is 22.9 Å². The smallest absolute Gasteiger partial charge is 0.262 e. The third-order valence-electron chi connectivity index (χ3n) is 4.97. The number of aryl methyl sites for hydroxylation is 2. The lowest BCUT2D eigenvalue weighted by molar-refractivity contribution is -0.118. The molecule has 150 valence electrons. The quantitative estimate of drug-likeness (QED) is 0.693. The van der Waals surface area contributed by atoms with Gasteiger partial charge < -0.3 is 19.4 Å². The minimum atomic E-state index is -0.246. The molecular formula is C22H24N4O3. The number of rotatable bonds is 6. The number of hydrogen-bond acceptors (Lipinski definition) is 5. The van der Waals surface area contributed by atoms with Crippen molar-refractivity contribution in [1.29, 1.82) is 0 Å². The molecule has 1 amide bonds. The van der Waals surface area contributed by atoms with Gasteiger partial charge >= 0.3 is 0 Å². The van der Waals surface area contributed by atoms with Crippen LogP contribution in [0.25, 0.3) is 11.4 Å². The number of carbonyl (C=O) groups is 1. The van der Waals surface area contributed by atoms with Gasteiger partial charge in [0.1, 0.15) is 17.3 Å². The lowest BCUT2D eigenvalue weighted by atomic mass is 10.1. The molecule has 1 N–H and O–H groups in total. The molecule has 0 atom stereocenters. The molecular weight excluding hydrogens is 368 g/mol. The van der Waals surface area contributed by atoms with Gasteiger partial charge in [-0.3, -0.25) is 4.79 Å². The van der Waals surface area contributed by atoms with E-state index in [-0.39, 0.29) is 12.5 Å². The molecule has 0 unspecified atom stereocenters. The third-order valence-corrected chi connectivity index (χ3v) is 4.97. The molecule has 0 bridgehead atoms. The zero-order valence-electron chi connectivity index (χ0n) is 16.6. The van der Waals surface area contributed by atoms with E-state index in [9.17, 15) is 4.79 Å². The SMILES string of the molecule is COc1ccc(C)cc1NC(=O)COc1ccc(-c2nnc3n2CCCC3)cc1. The highest BCUT2D eigenvalue weighted by Crippen LogP contribution is 2.26. The molecule has 0 aliphatic carbocycles. The second-order valence-electron chi connectivity index (χ2n) is 7.11. The fourth-order valence-corrected chi connectivity index (χ4v) is 3.48. The summed E-state index contributed by atoms with van der Waals surface area (Å²) in [5, 5.41) is 11.5. The highest BCUT2D eigenvalue weighted by molar-refractivity contribution is 5.93. The van der Waals surface area contributed by atoms with E-state index < -0.39 is 0 Å². The van der Waals surface area contributed by atoms with Gasteiger partial charge in [-0.1, -0.05) is 6.07 Å². The first-order valence-corrected chi connectivity index (χ1v) is 9.74. The van der Waals surface area contributed by atoms with Crippen molar-refractivity contribution in [3.05, 3.63) is 53.9 Å². The summed E-state index contributed by atoms with van der Waals surface area (Å²) in [4.78, 5) is 12.3. The molecule has 0 fully saturated rings. The molecule has 2 heterocycles. The number of methoxy groups -OCH3 is 1. The van der Waals surface area contributed by atoms with Crippen LogP contribution in [0.15, 0.2) is 42.5 Å². The van der Waals surface area contributed by atoms with Crippen LogP contribution in [-0.2, 0) is 17.8 Å². The third kappa shape index (κ3) is 4.23. The van der Waals surface area contributed by atoms with Gasteiger partial charge in [0.2, 0.25) is 0 Å². The minimum Gasteiger partial charge on any atom is -0.495 e. The van der Waals surface area contributed by atoms with E-state index in [1.807, 2.05) is 49.4 Å². The maximum absolute atomic E-state index is 12.3. The molecule has 0 saturated carbocycles. The first kappa shape index (κ1) is 19.0. The fraction of sp³-hybridized carbons (Fsp3) is 0.318. The second-order valence-corrected chi connectivity index (χ2v) is 7.11. The van der Waals surface area contributed by atoms with Gasteiger partial charge in [0.15, 0.2) is 12.4 Å². The van der Waals surface area contributed by atoms with Crippen molar-refractivity contribution < 1.29 is 14.3 Å². The Balaban J connectivity index is 1.38. The topological polar surface area (TPSA) is 78.3 Å². The van der Waals surface area contributed by atoms with E-state index in [0.717, 1.165) is 42.2 Å². The number of aromatic nitrogens is 3. The predicted octanol–water partition coefficient (Wildman–Crippen LogP) is 3.62. The summed E-state index contributed by atoms with van der Waals surface area (Å²) < 4.78 is 13.1. The van der Waals surface area contributed by atoms with Gasteiger partial charge in [-0.2, -0.15) is 0 Å². The summed E-state index contributed by atoms with van der Waals surface area (Å²) in [6.07, 6.45) is 3.30. The summed E-state index contributed by atoms with van der Waals surface area (Å²) in [5.74, 6) is 2.93. The number of carbonyl (C=O) groups excluding carboxylic acids is 1. The molecule has 7 nitrogen and oxygen atoms in total. The number of anilines is 1. The zero-order chi connectivity index (χ0) is 20.2. The van der Waals surface area contributed by atoms with Crippen molar-refractivity contribution >= 4 is 11.6 Å². The fourth-order valence-electron chi connectivity index (χ4n) is 3.48. The lowest BCUT2D eigenvalue weighted by Gasteiger charge is -2.15. The predicted molar refractivity (Wildman–Crippen MR) is 110 cm³/mol. The highest BCUT2D eigenvalue weighted by atomic mass is 16.5. The molecule has 2 aromatic carbocycles. The molecule has 1 aromatic heterocycles. The monoisotopic (exact) mass is 392 g/mol. The van der Waals surface area contributed by atoms with Crippen molar-refractivity contribution in [1.82, 2.24) is 14.8 Å². The average Bonchev–Trinajstić information content (AvgIpc) is 3.17. The number of fused-ring (bicyclic) bond motifs is 1. The molecule has 4 rings (SSSR count). The minimum absolute atomic E-state index is 0.0865. The number of benzene rings is 2. The van der Waals surface area contributed by atoms with E-state index in [4.69, 9.17) is 9.47 Å². The van der Waals surface area contributed by atoms with E-state index in [0.29, 0.717) is 17.2 Å². The molecule has 0 spiro atoms. The molecule has 1 aliphatic heterocycles. The van der Waals surface area contributed by atoms with Gasteiger partial charge in [-0.15, -0.1) is 10.2 Å². The Bertz CT molecular complexity index is 1010. The number of nitrogens with one attached hydrogen (secondary N) is 1. The Morgan fingerprint density at radius 1 is 1.14 bits per heavy atom. The van der Waals surface area contributed by atoms with Crippen LogP contribution < -0.4 is 14.8 Å². The number of ether oxygens (including phenoxy) is 2. The molecule has 3 aromatic rings. The first-order valence-electron chi connectivity index (χ1n) is 9.74. The van der Waals surface area contributed by atoms with E-state index >= 15 is 0 Å². The van der Waals surface area contributed by atoms with Crippen LogP contribution in [0.2, 0.25) is 0 Å². The lowest BCUT2D eigenvalue weighted by Crippen LogP contribution is -2.20. The first-order chi connectivity index (χ1) is 14.1. The Kier molecular flexibility index (Phi) is 5.46. The summed E-state index contributed by atoms with van der Waals surface area (Å²) in [6, 6.07) is 13.2. The van der Waals surface area contributed by atoms with Crippen LogP contribution in [0.5, 0.6) is 11.5 Å². The van der Waals surface area contributed by atoms with E-state index in [2.05, 4.69) is 20.1 Å². The van der Waals surface area contributed by atoms with Crippen LogP contribution in [0.3, 0.4) is 0 Å². The van der Waals surface area contributed by atoms with Crippen molar-refractivity contribution in [2.24, 2.45) is 0 Å². The average molecular weight is 392 g/mol. The maximum atomic E-state index is 12.3. The Morgan fingerprint density at radius 2 is 1.97 bits per heavy atom. The van der Waals surface area contributed by atoms with Crippen LogP contribution in [-0.4, -0.2) is 34.4 Å². The molecule has 7 heteroatoms. The Morgan fingerprint density at radius 3 is 2.76 bits per heavy atom. The van der Waals surface area contributed by atoms with Gasteiger partial charge in [0.05, 0.1) is 12.8 Å². The van der Waals surface area contributed by atoms with Crippen molar-refractivity contribution in [3.63, 3.8) is 0 Å². The maximum Gasteiger partial charge on any atom is 0.262 e. The second kappa shape index (κ2) is 8.34. The molecule has 0 radical (unpaired) electrons. The summed E-state index contributed by atoms with van der Waals surface area (Å²) in [5.41, 5.74) is 2.66. The molecule has 0 saturated heterocycles. The highest BCUT2D eigenvalue weighted by Gasteiger charge is 2.17. The van der Waals surface area contributed by atoms with Crippen molar-refractivity contribution in [2.45, 2.75) is 32.7 Å². The van der Waals surface area contributed by atoms with Gasteiger partial charge in [0, 0.05) is 18.5 Å². The molecule has 29 heavy (non-hydrogen) atoms. The van der Waals surface area contributed by atoms with Crippen LogP contribution >= 0.6 is 0 Å². The van der Waals surface area contributed by atoms with Crippen molar-refractivity contribution in [2.75, 3.05) is 19.0 Å². The van der Waals surface area contributed by atoms with Crippen LogP contribution in [0, 0.1) is 6.92 Å². The zero-order valence-corrected chi connectivity index (χ0v) is 16.6. The summed E-state index contributed by atoms with van der Waals surface area (Å²) >= 11 is 0. The van der Waals surface area contributed by atoms with Crippen LogP contribution in [0.1, 0.15) is 24.2 Å². The number of hydrogen-bond donors (Lipinski definition) is 1. The van der Waals surface area contributed by atoms with Gasteiger partial charge in [0.25, 0.3) is 5.91 Å². The Hall–Kier alpha value is -3.35. The molecule has 1 aliphatic rings. The largest absolute Gasteiger partial charge is 0.495 e. The van der Waals surface area contributed by atoms with Crippen LogP contribution in [0.4, 0.5) is 5.69 Å².